The van der Waals surface area contributed by atoms with Crippen LogP contribution in [0.5, 0.6) is 0 Å². The third-order valence-corrected chi connectivity index (χ3v) is 6.94. The van der Waals surface area contributed by atoms with Crippen LogP contribution in [-0.2, 0) is 21.2 Å². The normalized spacial score (nSPS) is 21.1. The summed E-state index contributed by atoms with van der Waals surface area (Å²) in [5.41, 5.74) is 1.39. The predicted molar refractivity (Wildman–Crippen MR) is 105 cm³/mol. The average molecular weight is 401 g/mol. The number of halogens is 1. The highest BCUT2D eigenvalue weighted by Crippen LogP contribution is 2.28. The highest BCUT2D eigenvalue weighted by atomic mass is 32.2. The first-order valence-corrected chi connectivity index (χ1v) is 10.8. The number of fused-ring (bicyclic) bond motifs is 1. The van der Waals surface area contributed by atoms with E-state index in [1.54, 1.807) is 29.8 Å². The van der Waals surface area contributed by atoms with Crippen molar-refractivity contribution in [3.8, 4) is 11.3 Å². The Morgan fingerprint density at radius 3 is 2.71 bits per heavy atom. The van der Waals surface area contributed by atoms with Crippen LogP contribution in [0.1, 0.15) is 13.3 Å². The fourth-order valence-electron chi connectivity index (χ4n) is 3.74. The van der Waals surface area contributed by atoms with Gasteiger partial charge in [-0.1, -0.05) is 0 Å². The van der Waals surface area contributed by atoms with Crippen molar-refractivity contribution in [2.24, 2.45) is 0 Å². The van der Waals surface area contributed by atoms with Crippen molar-refractivity contribution in [2.45, 2.75) is 25.4 Å². The van der Waals surface area contributed by atoms with E-state index in [0.717, 1.165) is 16.6 Å². The number of aromatic nitrogens is 2. The lowest BCUT2D eigenvalue weighted by molar-refractivity contribution is -0.123. The molecule has 0 aliphatic carbocycles. The van der Waals surface area contributed by atoms with Crippen LogP contribution in [0.2, 0.25) is 0 Å². The molecule has 1 saturated heterocycles. The average Bonchev–Trinajstić information content (AvgIpc) is 3.12. The number of rotatable bonds is 4. The van der Waals surface area contributed by atoms with Crippen LogP contribution in [0.4, 0.5) is 4.39 Å². The number of pyridine rings is 1. The third-order valence-electron chi connectivity index (χ3n) is 5.04. The van der Waals surface area contributed by atoms with Crippen LogP contribution >= 0.6 is 0 Å². The molecule has 0 bridgehead atoms. The summed E-state index contributed by atoms with van der Waals surface area (Å²) in [4.78, 5) is 17.1. The van der Waals surface area contributed by atoms with Crippen LogP contribution < -0.4 is 5.32 Å². The minimum Gasteiger partial charge on any atom is -0.348 e. The molecule has 1 aliphatic rings. The van der Waals surface area contributed by atoms with Gasteiger partial charge < -0.3 is 9.88 Å². The first-order valence-electron chi connectivity index (χ1n) is 8.96. The van der Waals surface area contributed by atoms with E-state index in [1.165, 1.54) is 12.1 Å². The van der Waals surface area contributed by atoms with Gasteiger partial charge in [-0.2, -0.15) is 0 Å². The summed E-state index contributed by atoms with van der Waals surface area (Å²) in [5.74, 6) is -0.594. The number of carbonyl (C=O) groups is 1. The minimum atomic E-state index is -3.12. The van der Waals surface area contributed by atoms with E-state index in [4.69, 9.17) is 0 Å². The Morgan fingerprint density at radius 2 is 2.04 bits per heavy atom. The van der Waals surface area contributed by atoms with Gasteiger partial charge in [0.1, 0.15) is 18.0 Å². The molecule has 146 valence electrons. The number of carbonyl (C=O) groups excluding carboxylic acids is 1. The van der Waals surface area contributed by atoms with Gasteiger partial charge in [0.15, 0.2) is 9.84 Å². The van der Waals surface area contributed by atoms with Gasteiger partial charge in [-0.25, -0.2) is 17.8 Å². The van der Waals surface area contributed by atoms with Gasteiger partial charge in [-0.15, -0.1) is 0 Å². The molecule has 8 heteroatoms. The Kier molecular flexibility index (Phi) is 4.45. The molecule has 28 heavy (non-hydrogen) atoms. The standard InChI is InChI=1S/C20H20FN3O3S/c1-20(8-10-28(26,27)13-20)23-18(25)12-24-17(14-4-6-16(21)7-5-14)11-15-3-2-9-22-19(15)24/h2-7,9,11H,8,10,12-13H2,1H3,(H,23,25)/t20-/m0/s1. The quantitative estimate of drug-likeness (QED) is 0.729. The molecule has 1 N–H and O–H groups in total. The van der Waals surface area contributed by atoms with Crippen LogP contribution in [0, 0.1) is 5.82 Å². The highest BCUT2D eigenvalue weighted by Gasteiger charge is 2.39. The summed E-state index contributed by atoms with van der Waals surface area (Å²) in [6.07, 6.45) is 2.05. The van der Waals surface area contributed by atoms with E-state index in [9.17, 15) is 17.6 Å². The molecule has 1 amide bonds. The highest BCUT2D eigenvalue weighted by molar-refractivity contribution is 7.91. The lowest BCUT2D eigenvalue weighted by Crippen LogP contribution is -2.48. The van der Waals surface area contributed by atoms with Gasteiger partial charge >= 0.3 is 0 Å². The Labute approximate surface area is 162 Å². The first kappa shape index (κ1) is 18.6. The molecule has 0 saturated carbocycles. The van der Waals surface area contributed by atoms with E-state index < -0.39 is 15.4 Å². The molecule has 0 spiro atoms. The maximum atomic E-state index is 13.3. The number of nitrogens with one attached hydrogen (secondary N) is 1. The largest absolute Gasteiger partial charge is 0.348 e. The second-order valence-corrected chi connectivity index (χ2v) is 9.67. The fourth-order valence-corrected chi connectivity index (χ4v) is 5.83. The monoisotopic (exact) mass is 401 g/mol. The molecule has 6 nitrogen and oxygen atoms in total. The molecule has 1 fully saturated rings. The van der Waals surface area contributed by atoms with Gasteiger partial charge in [-0.3, -0.25) is 4.79 Å². The summed E-state index contributed by atoms with van der Waals surface area (Å²) in [6, 6.07) is 11.7. The smallest absolute Gasteiger partial charge is 0.240 e. The predicted octanol–water partition coefficient (Wildman–Crippen LogP) is 2.54. The van der Waals surface area contributed by atoms with E-state index in [1.807, 2.05) is 18.2 Å². The van der Waals surface area contributed by atoms with Gasteiger partial charge in [-0.05, 0) is 61.4 Å². The molecule has 1 aromatic carbocycles. The maximum absolute atomic E-state index is 13.3. The van der Waals surface area contributed by atoms with E-state index in [2.05, 4.69) is 10.3 Å². The van der Waals surface area contributed by atoms with Gasteiger partial charge in [0, 0.05) is 11.6 Å². The molecule has 3 heterocycles. The second-order valence-electron chi connectivity index (χ2n) is 7.49. The molecule has 3 aromatic rings. The molecular weight excluding hydrogens is 381 g/mol. The number of hydrogen-bond acceptors (Lipinski definition) is 4. The van der Waals surface area contributed by atoms with Crippen molar-refractivity contribution in [1.29, 1.82) is 0 Å². The Balaban J connectivity index is 1.67. The molecule has 2 aromatic heterocycles. The zero-order chi connectivity index (χ0) is 19.9. The van der Waals surface area contributed by atoms with Crippen molar-refractivity contribution in [1.82, 2.24) is 14.9 Å². The van der Waals surface area contributed by atoms with E-state index in [0.29, 0.717) is 12.1 Å². The van der Waals surface area contributed by atoms with Crippen LogP contribution in [0.25, 0.3) is 22.3 Å². The summed E-state index contributed by atoms with van der Waals surface area (Å²) in [6.45, 7) is 1.74. The number of hydrogen-bond donors (Lipinski definition) is 1. The topological polar surface area (TPSA) is 81.1 Å². The molecule has 0 radical (unpaired) electrons. The summed E-state index contributed by atoms with van der Waals surface area (Å²) in [7, 11) is -3.12. The lowest BCUT2D eigenvalue weighted by Gasteiger charge is -2.24. The summed E-state index contributed by atoms with van der Waals surface area (Å²) in [5, 5.41) is 3.74. The molecule has 0 unspecified atom stereocenters. The van der Waals surface area contributed by atoms with E-state index >= 15 is 0 Å². The maximum Gasteiger partial charge on any atom is 0.240 e. The third kappa shape index (κ3) is 3.64. The Morgan fingerprint density at radius 1 is 1.29 bits per heavy atom. The van der Waals surface area contributed by atoms with Crippen LogP contribution in [0.15, 0.2) is 48.7 Å². The molecular formula is C20H20FN3O3S. The fraction of sp³-hybridized carbons (Fsp3) is 0.300. The van der Waals surface area contributed by atoms with Crippen molar-refractivity contribution in [3.63, 3.8) is 0 Å². The zero-order valence-corrected chi connectivity index (χ0v) is 16.2. The van der Waals surface area contributed by atoms with E-state index in [-0.39, 0.29) is 29.8 Å². The molecule has 1 atom stereocenters. The SMILES string of the molecule is C[C@]1(NC(=O)Cn2c(-c3ccc(F)cc3)cc3cccnc32)CCS(=O)(=O)C1. The first-order chi connectivity index (χ1) is 13.2. The summed E-state index contributed by atoms with van der Waals surface area (Å²) < 4.78 is 38.7. The van der Waals surface area contributed by atoms with Gasteiger partial charge in [0.05, 0.1) is 22.7 Å². The van der Waals surface area contributed by atoms with Crippen molar-refractivity contribution < 1.29 is 17.6 Å². The lowest BCUT2D eigenvalue weighted by atomic mass is 10.0. The number of nitrogens with zero attached hydrogens (tertiary/aromatic N) is 2. The molecule has 1 aliphatic heterocycles. The Hall–Kier alpha value is -2.74. The Bertz CT molecular complexity index is 1160. The summed E-state index contributed by atoms with van der Waals surface area (Å²) >= 11 is 0. The minimum absolute atomic E-state index is 0.0111. The molecule has 4 rings (SSSR count). The van der Waals surface area contributed by atoms with Gasteiger partial charge in [0.2, 0.25) is 5.91 Å². The van der Waals surface area contributed by atoms with Crippen LogP contribution in [0.3, 0.4) is 0 Å². The number of sulfone groups is 1. The zero-order valence-electron chi connectivity index (χ0n) is 15.4. The van der Waals surface area contributed by atoms with Crippen molar-refractivity contribution >= 4 is 26.8 Å². The number of amides is 1. The second kappa shape index (κ2) is 6.70. The number of benzene rings is 1. The van der Waals surface area contributed by atoms with Crippen molar-refractivity contribution in [2.75, 3.05) is 11.5 Å². The van der Waals surface area contributed by atoms with Gasteiger partial charge in [0.25, 0.3) is 0 Å². The van der Waals surface area contributed by atoms with Crippen molar-refractivity contribution in [3.05, 3.63) is 54.5 Å². The van der Waals surface area contributed by atoms with Crippen LogP contribution in [-0.4, -0.2) is 40.9 Å².